The van der Waals surface area contributed by atoms with E-state index < -0.39 is 0 Å². The molecule has 7 nitrogen and oxygen atoms in total. The van der Waals surface area contributed by atoms with Crippen molar-refractivity contribution in [2.45, 2.75) is 23.8 Å². The summed E-state index contributed by atoms with van der Waals surface area (Å²) in [6.45, 7) is 1.21. The first-order chi connectivity index (χ1) is 14.6. The fourth-order valence-corrected chi connectivity index (χ4v) is 3.86. The summed E-state index contributed by atoms with van der Waals surface area (Å²) in [5, 5.41) is 5.72. The maximum atomic E-state index is 12.6. The first-order valence-corrected chi connectivity index (χ1v) is 10.7. The Balaban J connectivity index is 1.56. The molecule has 2 amide bonds. The summed E-state index contributed by atoms with van der Waals surface area (Å²) < 4.78 is 16.0. The molecular weight excluding hydrogens is 404 g/mol. The van der Waals surface area contributed by atoms with Gasteiger partial charge in [-0.05, 0) is 43.2 Å². The Hall–Kier alpha value is -2.71. The van der Waals surface area contributed by atoms with Gasteiger partial charge < -0.3 is 24.8 Å². The van der Waals surface area contributed by atoms with E-state index in [0.717, 1.165) is 24.3 Å². The molecule has 1 aliphatic heterocycles. The molecule has 1 aliphatic rings. The Kier molecular flexibility index (Phi) is 7.98. The van der Waals surface area contributed by atoms with Gasteiger partial charge in [0.1, 0.15) is 0 Å². The fourth-order valence-electron chi connectivity index (χ4n) is 3.14. The highest BCUT2D eigenvalue weighted by atomic mass is 32.2. The summed E-state index contributed by atoms with van der Waals surface area (Å²) in [4.78, 5) is 25.9. The van der Waals surface area contributed by atoms with Crippen LogP contribution in [0.25, 0.3) is 0 Å². The van der Waals surface area contributed by atoms with E-state index in [-0.39, 0.29) is 23.7 Å². The van der Waals surface area contributed by atoms with Crippen LogP contribution in [0.3, 0.4) is 0 Å². The van der Waals surface area contributed by atoms with E-state index in [2.05, 4.69) is 10.6 Å². The van der Waals surface area contributed by atoms with Crippen LogP contribution in [-0.4, -0.2) is 51.0 Å². The van der Waals surface area contributed by atoms with Crippen molar-refractivity contribution in [3.8, 4) is 11.5 Å². The van der Waals surface area contributed by atoms with Crippen molar-refractivity contribution in [3.05, 3.63) is 48.0 Å². The molecule has 1 saturated heterocycles. The van der Waals surface area contributed by atoms with E-state index in [9.17, 15) is 9.59 Å². The maximum Gasteiger partial charge on any atom is 0.253 e. The molecule has 3 rings (SSSR count). The van der Waals surface area contributed by atoms with Gasteiger partial charge in [-0.1, -0.05) is 12.1 Å². The van der Waals surface area contributed by atoms with E-state index in [1.165, 1.54) is 11.8 Å². The summed E-state index contributed by atoms with van der Waals surface area (Å²) in [5.74, 6) is 1.01. The predicted molar refractivity (Wildman–Crippen MR) is 117 cm³/mol. The summed E-state index contributed by atoms with van der Waals surface area (Å²) in [6.07, 6.45) is 2.03. The van der Waals surface area contributed by atoms with Crippen molar-refractivity contribution in [3.63, 3.8) is 0 Å². The van der Waals surface area contributed by atoms with Crippen LogP contribution in [-0.2, 0) is 9.53 Å². The standard InChI is InChI=1S/C22H26N2O5S/c1-27-19-10-9-16(12-20(19)28-2)30-14-21(25)24-18-8-4-3-7-17(18)22(26)23-13-15-6-5-11-29-15/h3-4,7-10,12,15H,5-6,11,13-14H2,1-2H3,(H,23,26)(H,24,25)/t15-/m1/s1. The number of amides is 2. The van der Waals surface area contributed by atoms with E-state index >= 15 is 0 Å². The van der Waals surface area contributed by atoms with E-state index in [1.54, 1.807) is 44.6 Å². The zero-order valence-corrected chi connectivity index (χ0v) is 17.9. The lowest BCUT2D eigenvalue weighted by Gasteiger charge is -2.14. The number of anilines is 1. The number of para-hydroxylation sites is 1. The molecule has 0 unspecified atom stereocenters. The van der Waals surface area contributed by atoms with Crippen LogP contribution in [0.5, 0.6) is 11.5 Å². The molecule has 0 aliphatic carbocycles. The number of carbonyl (C=O) groups is 2. The summed E-state index contributed by atoms with van der Waals surface area (Å²) in [6, 6.07) is 12.5. The molecule has 2 aromatic carbocycles. The van der Waals surface area contributed by atoms with Crippen molar-refractivity contribution < 1.29 is 23.8 Å². The van der Waals surface area contributed by atoms with Gasteiger partial charge in [-0.3, -0.25) is 9.59 Å². The average Bonchev–Trinajstić information content (AvgIpc) is 3.30. The first-order valence-electron chi connectivity index (χ1n) is 9.74. The van der Waals surface area contributed by atoms with Crippen molar-refractivity contribution in [2.24, 2.45) is 0 Å². The minimum atomic E-state index is -0.228. The molecule has 1 atom stereocenters. The highest BCUT2D eigenvalue weighted by molar-refractivity contribution is 8.00. The molecule has 0 spiro atoms. The Morgan fingerprint density at radius 2 is 1.93 bits per heavy atom. The van der Waals surface area contributed by atoms with Crippen LogP contribution in [0, 0.1) is 0 Å². The highest BCUT2D eigenvalue weighted by Gasteiger charge is 2.18. The monoisotopic (exact) mass is 430 g/mol. The minimum Gasteiger partial charge on any atom is -0.493 e. The Labute approximate surface area is 180 Å². The molecule has 0 bridgehead atoms. The number of benzene rings is 2. The van der Waals surface area contributed by atoms with Gasteiger partial charge in [0.25, 0.3) is 5.91 Å². The van der Waals surface area contributed by atoms with Gasteiger partial charge in [0, 0.05) is 18.0 Å². The highest BCUT2D eigenvalue weighted by Crippen LogP contribution is 2.31. The third kappa shape index (κ3) is 5.90. The van der Waals surface area contributed by atoms with Crippen LogP contribution in [0.4, 0.5) is 5.69 Å². The van der Waals surface area contributed by atoms with Gasteiger partial charge in [0.2, 0.25) is 5.91 Å². The van der Waals surface area contributed by atoms with Crippen molar-refractivity contribution >= 4 is 29.3 Å². The smallest absolute Gasteiger partial charge is 0.253 e. The quantitative estimate of drug-likeness (QED) is 0.594. The Morgan fingerprint density at radius 1 is 1.13 bits per heavy atom. The van der Waals surface area contributed by atoms with Gasteiger partial charge in [0.15, 0.2) is 11.5 Å². The van der Waals surface area contributed by atoms with Gasteiger partial charge in [-0.2, -0.15) is 0 Å². The molecule has 0 aromatic heterocycles. The molecule has 1 fully saturated rings. The van der Waals surface area contributed by atoms with Crippen LogP contribution < -0.4 is 20.1 Å². The predicted octanol–water partition coefficient (Wildman–Crippen LogP) is 3.34. The molecule has 30 heavy (non-hydrogen) atoms. The number of hydrogen-bond acceptors (Lipinski definition) is 6. The molecule has 2 N–H and O–H groups in total. The molecule has 1 heterocycles. The molecule has 8 heteroatoms. The molecule has 0 saturated carbocycles. The second kappa shape index (κ2) is 10.9. The largest absolute Gasteiger partial charge is 0.493 e. The van der Waals surface area contributed by atoms with Crippen LogP contribution in [0.2, 0.25) is 0 Å². The van der Waals surface area contributed by atoms with Crippen molar-refractivity contribution in [1.29, 1.82) is 0 Å². The zero-order chi connectivity index (χ0) is 21.3. The van der Waals surface area contributed by atoms with Crippen LogP contribution in [0.15, 0.2) is 47.4 Å². The molecule has 0 radical (unpaired) electrons. The summed E-state index contributed by atoms with van der Waals surface area (Å²) >= 11 is 1.37. The lowest BCUT2D eigenvalue weighted by molar-refractivity contribution is -0.113. The van der Waals surface area contributed by atoms with Crippen LogP contribution in [0.1, 0.15) is 23.2 Å². The van der Waals surface area contributed by atoms with Gasteiger partial charge in [0.05, 0.1) is 37.3 Å². The SMILES string of the molecule is COc1ccc(SCC(=O)Nc2ccccc2C(=O)NC[C@H]2CCCO2)cc1OC. The van der Waals surface area contributed by atoms with E-state index in [0.29, 0.717) is 29.3 Å². The minimum absolute atomic E-state index is 0.0635. The number of thioether (sulfide) groups is 1. The van der Waals surface area contributed by atoms with E-state index in [4.69, 9.17) is 14.2 Å². The number of ether oxygens (including phenoxy) is 3. The third-order valence-electron chi connectivity index (χ3n) is 4.68. The van der Waals surface area contributed by atoms with Gasteiger partial charge in [-0.15, -0.1) is 11.8 Å². The lowest BCUT2D eigenvalue weighted by atomic mass is 10.1. The van der Waals surface area contributed by atoms with Crippen LogP contribution >= 0.6 is 11.8 Å². The fraction of sp³-hybridized carbons (Fsp3) is 0.364. The zero-order valence-electron chi connectivity index (χ0n) is 17.1. The third-order valence-corrected chi connectivity index (χ3v) is 5.68. The topological polar surface area (TPSA) is 85.9 Å². The van der Waals surface area contributed by atoms with Crippen molar-refractivity contribution in [2.75, 3.05) is 38.4 Å². The van der Waals surface area contributed by atoms with Crippen molar-refractivity contribution in [1.82, 2.24) is 5.32 Å². The Morgan fingerprint density at radius 3 is 2.67 bits per heavy atom. The second-order valence-corrected chi connectivity index (χ2v) is 7.79. The number of hydrogen-bond donors (Lipinski definition) is 2. The number of carbonyl (C=O) groups excluding carboxylic acids is 2. The summed E-state index contributed by atoms with van der Waals surface area (Å²) in [5.41, 5.74) is 0.917. The summed E-state index contributed by atoms with van der Waals surface area (Å²) in [7, 11) is 3.15. The maximum absolute atomic E-state index is 12.6. The lowest BCUT2D eigenvalue weighted by Crippen LogP contribution is -2.32. The van der Waals surface area contributed by atoms with Gasteiger partial charge in [-0.25, -0.2) is 0 Å². The first kappa shape index (κ1) is 22.0. The average molecular weight is 431 g/mol. The molecule has 2 aromatic rings. The normalized spacial score (nSPS) is 15.5. The molecular formula is C22H26N2O5S. The number of rotatable bonds is 9. The number of nitrogens with one attached hydrogen (secondary N) is 2. The molecule has 160 valence electrons. The van der Waals surface area contributed by atoms with Gasteiger partial charge >= 0.3 is 0 Å². The number of methoxy groups -OCH3 is 2. The second-order valence-electron chi connectivity index (χ2n) is 6.74. The Bertz CT molecular complexity index is 884. The van der Waals surface area contributed by atoms with E-state index in [1.807, 2.05) is 12.1 Å².